The highest BCUT2D eigenvalue weighted by Gasteiger charge is 2.19. The van der Waals surface area contributed by atoms with E-state index in [-0.39, 0.29) is 5.91 Å². The molecule has 1 N–H and O–H groups in total. The second-order valence-corrected chi connectivity index (χ2v) is 4.70. The molecule has 3 rings (SSSR count). The van der Waals surface area contributed by atoms with Crippen molar-refractivity contribution in [3.05, 3.63) is 53.1 Å². The normalized spacial score (nSPS) is 12.8. The fraction of sp³-hybridized carbons (Fsp3) is 0.133. The highest BCUT2D eigenvalue weighted by Crippen LogP contribution is 2.35. The maximum Gasteiger partial charge on any atom is 0.257 e. The quantitative estimate of drug-likeness (QED) is 0.922. The average Bonchev–Trinajstić information content (AvgIpc) is 2.47. The number of nitrogens with one attached hydrogen (secondary N) is 1. The van der Waals surface area contributed by atoms with Gasteiger partial charge in [-0.2, -0.15) is 0 Å². The molecule has 0 atom stereocenters. The molecule has 4 nitrogen and oxygen atoms in total. The Morgan fingerprint density at radius 2 is 1.70 bits per heavy atom. The van der Waals surface area contributed by atoms with E-state index in [0.29, 0.717) is 41.0 Å². The van der Waals surface area contributed by atoms with Crippen molar-refractivity contribution in [2.45, 2.75) is 0 Å². The van der Waals surface area contributed by atoms with Crippen LogP contribution in [0.2, 0.25) is 5.02 Å². The molecule has 0 saturated carbocycles. The average molecular weight is 290 g/mol. The van der Waals surface area contributed by atoms with Crippen LogP contribution in [0, 0.1) is 0 Å². The molecule has 0 bridgehead atoms. The lowest BCUT2D eigenvalue weighted by atomic mass is 10.1. The summed E-state index contributed by atoms with van der Waals surface area (Å²) in [7, 11) is 0. The molecular weight excluding hydrogens is 278 g/mol. The van der Waals surface area contributed by atoms with Crippen LogP contribution < -0.4 is 14.8 Å². The molecule has 0 saturated heterocycles. The number of halogens is 1. The first-order chi connectivity index (χ1) is 9.74. The first kappa shape index (κ1) is 12.8. The Morgan fingerprint density at radius 3 is 2.40 bits per heavy atom. The zero-order valence-corrected chi connectivity index (χ0v) is 11.3. The van der Waals surface area contributed by atoms with Crippen LogP contribution in [0.5, 0.6) is 11.5 Å². The third kappa shape index (κ3) is 2.56. The highest BCUT2D eigenvalue weighted by molar-refractivity contribution is 6.34. The fourth-order valence-corrected chi connectivity index (χ4v) is 2.20. The van der Waals surface area contributed by atoms with Gasteiger partial charge in [-0.3, -0.25) is 4.79 Å². The largest absolute Gasteiger partial charge is 0.486 e. The first-order valence-electron chi connectivity index (χ1n) is 6.19. The minimum absolute atomic E-state index is 0.279. The molecule has 2 aromatic rings. The van der Waals surface area contributed by atoms with Gasteiger partial charge >= 0.3 is 0 Å². The van der Waals surface area contributed by atoms with Gasteiger partial charge in [-0.1, -0.05) is 29.8 Å². The van der Waals surface area contributed by atoms with Crippen molar-refractivity contribution >= 4 is 23.2 Å². The number of fused-ring (bicyclic) bond motifs is 1. The summed E-state index contributed by atoms with van der Waals surface area (Å²) in [5, 5.41) is 3.12. The van der Waals surface area contributed by atoms with Crippen LogP contribution in [0.4, 0.5) is 5.69 Å². The summed E-state index contributed by atoms with van der Waals surface area (Å²) in [6, 6.07) is 12.4. The van der Waals surface area contributed by atoms with Crippen LogP contribution in [-0.2, 0) is 0 Å². The molecule has 1 amide bonds. The Balaban J connectivity index is 1.88. The number of hydrogen-bond donors (Lipinski definition) is 1. The molecule has 1 heterocycles. The van der Waals surface area contributed by atoms with E-state index >= 15 is 0 Å². The summed E-state index contributed by atoms with van der Waals surface area (Å²) in [4.78, 5) is 12.2. The number of benzene rings is 2. The molecule has 0 aliphatic carbocycles. The molecule has 1 aliphatic rings. The second kappa shape index (κ2) is 5.43. The fourth-order valence-electron chi connectivity index (χ4n) is 1.96. The number of carbonyl (C=O) groups excluding carboxylic acids is 1. The van der Waals surface area contributed by atoms with Gasteiger partial charge in [0.2, 0.25) is 0 Å². The van der Waals surface area contributed by atoms with Gasteiger partial charge in [-0.15, -0.1) is 0 Å². The molecule has 20 heavy (non-hydrogen) atoms. The van der Waals surface area contributed by atoms with E-state index in [0.717, 1.165) is 0 Å². The number of amides is 1. The smallest absolute Gasteiger partial charge is 0.257 e. The van der Waals surface area contributed by atoms with Gasteiger partial charge in [0, 0.05) is 11.8 Å². The Bertz CT molecular complexity index is 643. The van der Waals surface area contributed by atoms with Gasteiger partial charge in [0.05, 0.1) is 10.6 Å². The number of ether oxygens (including phenoxy) is 2. The van der Waals surface area contributed by atoms with E-state index < -0.39 is 0 Å². The van der Waals surface area contributed by atoms with Crippen molar-refractivity contribution in [2.75, 3.05) is 18.5 Å². The number of hydrogen-bond acceptors (Lipinski definition) is 3. The van der Waals surface area contributed by atoms with Crippen molar-refractivity contribution in [3.63, 3.8) is 0 Å². The van der Waals surface area contributed by atoms with Crippen LogP contribution in [0.25, 0.3) is 0 Å². The van der Waals surface area contributed by atoms with Gasteiger partial charge in [-0.05, 0) is 18.2 Å². The van der Waals surface area contributed by atoms with Crippen molar-refractivity contribution in [1.82, 2.24) is 0 Å². The number of anilines is 1. The molecule has 0 unspecified atom stereocenters. The lowest BCUT2D eigenvalue weighted by Gasteiger charge is -2.19. The van der Waals surface area contributed by atoms with E-state index in [1.54, 1.807) is 12.1 Å². The number of carbonyl (C=O) groups is 1. The van der Waals surface area contributed by atoms with Crippen LogP contribution in [-0.4, -0.2) is 19.1 Å². The SMILES string of the molecule is O=C(Nc1ccccc1)c1cc2c(cc1Cl)OCCO2. The number of rotatable bonds is 2. The molecule has 0 aromatic heterocycles. The zero-order valence-electron chi connectivity index (χ0n) is 10.6. The summed E-state index contributed by atoms with van der Waals surface area (Å²) < 4.78 is 10.9. The molecular formula is C15H12ClNO3. The van der Waals surface area contributed by atoms with Crippen molar-refractivity contribution in [3.8, 4) is 11.5 Å². The second-order valence-electron chi connectivity index (χ2n) is 4.30. The van der Waals surface area contributed by atoms with E-state index in [1.807, 2.05) is 30.3 Å². The first-order valence-corrected chi connectivity index (χ1v) is 6.57. The van der Waals surface area contributed by atoms with Gasteiger partial charge < -0.3 is 14.8 Å². The molecule has 1 aliphatic heterocycles. The highest BCUT2D eigenvalue weighted by atomic mass is 35.5. The van der Waals surface area contributed by atoms with Gasteiger partial charge in [0.15, 0.2) is 11.5 Å². The minimum atomic E-state index is -0.279. The van der Waals surface area contributed by atoms with Crippen LogP contribution >= 0.6 is 11.6 Å². The molecule has 0 spiro atoms. The Morgan fingerprint density at radius 1 is 1.05 bits per heavy atom. The third-order valence-corrected chi connectivity index (χ3v) is 3.22. The molecule has 0 fully saturated rings. The van der Waals surface area contributed by atoms with Crippen LogP contribution in [0.3, 0.4) is 0 Å². The van der Waals surface area contributed by atoms with Crippen molar-refractivity contribution in [1.29, 1.82) is 0 Å². The van der Waals surface area contributed by atoms with Gasteiger partial charge in [-0.25, -0.2) is 0 Å². The topological polar surface area (TPSA) is 47.6 Å². The zero-order chi connectivity index (χ0) is 13.9. The number of para-hydroxylation sites is 1. The Labute approximate surface area is 121 Å². The van der Waals surface area contributed by atoms with E-state index in [4.69, 9.17) is 21.1 Å². The van der Waals surface area contributed by atoms with E-state index in [2.05, 4.69) is 5.32 Å². The summed E-state index contributed by atoms with van der Waals surface area (Å²) in [5.74, 6) is 0.828. The molecule has 0 radical (unpaired) electrons. The predicted octanol–water partition coefficient (Wildman–Crippen LogP) is 3.36. The van der Waals surface area contributed by atoms with Crippen LogP contribution in [0.1, 0.15) is 10.4 Å². The van der Waals surface area contributed by atoms with E-state index in [1.165, 1.54) is 0 Å². The molecule has 102 valence electrons. The molecule has 2 aromatic carbocycles. The monoisotopic (exact) mass is 289 g/mol. The summed E-state index contributed by atoms with van der Waals surface area (Å²) >= 11 is 6.13. The van der Waals surface area contributed by atoms with Gasteiger partial charge in [0.1, 0.15) is 13.2 Å². The standard InChI is InChI=1S/C15H12ClNO3/c16-12-9-14-13(19-6-7-20-14)8-11(12)15(18)17-10-4-2-1-3-5-10/h1-5,8-9H,6-7H2,(H,17,18). The van der Waals surface area contributed by atoms with Gasteiger partial charge in [0.25, 0.3) is 5.91 Å². The summed E-state index contributed by atoms with van der Waals surface area (Å²) in [6.07, 6.45) is 0. The summed E-state index contributed by atoms with van der Waals surface area (Å²) in [5.41, 5.74) is 1.07. The maximum absolute atomic E-state index is 12.2. The Kier molecular flexibility index (Phi) is 3.48. The predicted molar refractivity (Wildman–Crippen MR) is 76.8 cm³/mol. The summed E-state index contributed by atoms with van der Waals surface area (Å²) in [6.45, 7) is 0.952. The third-order valence-electron chi connectivity index (χ3n) is 2.91. The minimum Gasteiger partial charge on any atom is -0.486 e. The van der Waals surface area contributed by atoms with Crippen molar-refractivity contribution in [2.24, 2.45) is 0 Å². The van der Waals surface area contributed by atoms with Crippen LogP contribution in [0.15, 0.2) is 42.5 Å². The van der Waals surface area contributed by atoms with E-state index in [9.17, 15) is 4.79 Å². The Hall–Kier alpha value is -2.20. The molecule has 5 heteroatoms. The van der Waals surface area contributed by atoms with Crippen molar-refractivity contribution < 1.29 is 14.3 Å². The maximum atomic E-state index is 12.2. The lowest BCUT2D eigenvalue weighted by Crippen LogP contribution is -2.17. The lowest BCUT2D eigenvalue weighted by molar-refractivity contribution is 0.102.